The third-order valence-corrected chi connectivity index (χ3v) is 4.77. The second-order valence-electron chi connectivity index (χ2n) is 5.37. The predicted octanol–water partition coefficient (Wildman–Crippen LogP) is 2.82. The summed E-state index contributed by atoms with van der Waals surface area (Å²) in [5.74, 6) is 0.742. The van der Waals surface area contributed by atoms with Crippen molar-refractivity contribution in [2.24, 2.45) is 0 Å². The molecule has 2 rings (SSSR count). The minimum absolute atomic E-state index is 0.114. The van der Waals surface area contributed by atoms with Gasteiger partial charge in [0.05, 0.1) is 4.90 Å². The summed E-state index contributed by atoms with van der Waals surface area (Å²) >= 11 is 0. The Labute approximate surface area is 131 Å². The Morgan fingerprint density at radius 3 is 2.32 bits per heavy atom. The molecule has 4 nitrogen and oxygen atoms in total. The lowest BCUT2D eigenvalue weighted by Crippen LogP contribution is -2.10. The zero-order chi connectivity index (χ0) is 16.3. The summed E-state index contributed by atoms with van der Waals surface area (Å²) in [5.41, 5.74) is 2.80. The second kappa shape index (κ2) is 6.50. The Kier molecular flexibility index (Phi) is 4.88. The summed E-state index contributed by atoms with van der Waals surface area (Å²) < 4.78 is 28.5. The van der Waals surface area contributed by atoms with E-state index in [4.69, 9.17) is 4.74 Å². The number of hydrogen-bond donors (Lipinski definition) is 1. The SMILES string of the molecule is Cc1cccc(OCC(O)c2ccc(S(C)(=O)=O)cc2)c1C. The normalized spacial score (nSPS) is 12.9. The zero-order valence-electron chi connectivity index (χ0n) is 12.9. The number of aliphatic hydroxyl groups is 1. The number of rotatable bonds is 5. The van der Waals surface area contributed by atoms with Crippen LogP contribution in [0.5, 0.6) is 5.75 Å². The van der Waals surface area contributed by atoms with Crippen LogP contribution in [0.25, 0.3) is 0 Å². The van der Waals surface area contributed by atoms with Gasteiger partial charge in [0.15, 0.2) is 9.84 Å². The lowest BCUT2D eigenvalue weighted by Gasteiger charge is -2.15. The van der Waals surface area contributed by atoms with Gasteiger partial charge in [0.25, 0.3) is 0 Å². The van der Waals surface area contributed by atoms with Crippen molar-refractivity contribution in [3.8, 4) is 5.75 Å². The Morgan fingerprint density at radius 2 is 1.73 bits per heavy atom. The van der Waals surface area contributed by atoms with Crippen LogP contribution in [0.1, 0.15) is 22.8 Å². The van der Waals surface area contributed by atoms with Crippen molar-refractivity contribution in [1.29, 1.82) is 0 Å². The van der Waals surface area contributed by atoms with Crippen LogP contribution in [-0.4, -0.2) is 26.4 Å². The molecule has 0 aliphatic heterocycles. The third-order valence-electron chi connectivity index (χ3n) is 3.64. The van der Waals surface area contributed by atoms with Crippen molar-refractivity contribution >= 4 is 9.84 Å². The molecular formula is C17H20O4S. The van der Waals surface area contributed by atoms with E-state index in [-0.39, 0.29) is 11.5 Å². The molecule has 0 saturated heterocycles. The van der Waals surface area contributed by atoms with Gasteiger partial charge in [-0.05, 0) is 48.7 Å². The second-order valence-corrected chi connectivity index (χ2v) is 7.38. The summed E-state index contributed by atoms with van der Waals surface area (Å²) in [6.07, 6.45) is 0.343. The molecule has 22 heavy (non-hydrogen) atoms. The molecule has 0 saturated carbocycles. The standard InChI is InChI=1S/C17H20O4S/c1-12-5-4-6-17(13(12)2)21-11-16(18)14-7-9-15(10-8-14)22(3,19)20/h4-10,16,18H,11H2,1-3H3. The molecule has 0 aliphatic carbocycles. The Hall–Kier alpha value is -1.85. The highest BCUT2D eigenvalue weighted by Crippen LogP contribution is 2.23. The maximum absolute atomic E-state index is 11.4. The Balaban J connectivity index is 2.06. The summed E-state index contributed by atoms with van der Waals surface area (Å²) in [6.45, 7) is 4.09. The number of benzene rings is 2. The minimum Gasteiger partial charge on any atom is -0.490 e. The topological polar surface area (TPSA) is 63.6 Å². The molecule has 2 aromatic rings. The molecular weight excluding hydrogens is 300 g/mol. The molecule has 0 heterocycles. The fourth-order valence-corrected chi connectivity index (χ4v) is 2.71. The number of hydrogen-bond acceptors (Lipinski definition) is 4. The van der Waals surface area contributed by atoms with E-state index < -0.39 is 15.9 Å². The van der Waals surface area contributed by atoms with Crippen LogP contribution in [-0.2, 0) is 9.84 Å². The predicted molar refractivity (Wildman–Crippen MR) is 85.9 cm³/mol. The van der Waals surface area contributed by atoms with Crippen molar-refractivity contribution in [1.82, 2.24) is 0 Å². The lowest BCUT2D eigenvalue weighted by atomic mass is 10.1. The van der Waals surface area contributed by atoms with Gasteiger partial charge in [-0.1, -0.05) is 24.3 Å². The summed E-state index contributed by atoms with van der Waals surface area (Å²) in [5, 5.41) is 10.2. The Bertz CT molecular complexity index is 749. The highest BCUT2D eigenvalue weighted by molar-refractivity contribution is 7.90. The molecule has 5 heteroatoms. The van der Waals surface area contributed by atoms with Crippen LogP contribution < -0.4 is 4.74 Å². The monoisotopic (exact) mass is 320 g/mol. The molecule has 2 aromatic carbocycles. The maximum atomic E-state index is 11.4. The average Bonchev–Trinajstić information content (AvgIpc) is 2.48. The zero-order valence-corrected chi connectivity index (χ0v) is 13.7. The molecule has 0 aliphatic rings. The van der Waals surface area contributed by atoms with Crippen molar-refractivity contribution in [2.75, 3.05) is 12.9 Å². The number of aliphatic hydroxyl groups excluding tert-OH is 1. The van der Waals surface area contributed by atoms with Gasteiger partial charge in [0.2, 0.25) is 0 Å². The first kappa shape index (κ1) is 16.5. The molecule has 0 aromatic heterocycles. The van der Waals surface area contributed by atoms with Gasteiger partial charge in [-0.2, -0.15) is 0 Å². The van der Waals surface area contributed by atoms with Crippen molar-refractivity contribution in [3.05, 3.63) is 59.2 Å². The van der Waals surface area contributed by atoms with Gasteiger partial charge in [-0.25, -0.2) is 8.42 Å². The van der Waals surface area contributed by atoms with Gasteiger partial charge in [0, 0.05) is 6.26 Å². The smallest absolute Gasteiger partial charge is 0.175 e. The maximum Gasteiger partial charge on any atom is 0.175 e. The average molecular weight is 320 g/mol. The van der Waals surface area contributed by atoms with Crippen LogP contribution in [0, 0.1) is 13.8 Å². The van der Waals surface area contributed by atoms with Gasteiger partial charge in [0.1, 0.15) is 18.5 Å². The molecule has 0 radical (unpaired) electrons. The highest BCUT2D eigenvalue weighted by Gasteiger charge is 2.12. The van der Waals surface area contributed by atoms with E-state index in [0.29, 0.717) is 5.56 Å². The molecule has 0 bridgehead atoms. The first-order valence-electron chi connectivity index (χ1n) is 6.96. The lowest BCUT2D eigenvalue weighted by molar-refractivity contribution is 0.108. The van der Waals surface area contributed by atoms with Crippen LogP contribution in [0.4, 0.5) is 0 Å². The van der Waals surface area contributed by atoms with E-state index in [0.717, 1.165) is 23.1 Å². The molecule has 0 spiro atoms. The van der Waals surface area contributed by atoms with E-state index in [9.17, 15) is 13.5 Å². The summed E-state index contributed by atoms with van der Waals surface area (Å²) in [4.78, 5) is 0.235. The number of ether oxygens (including phenoxy) is 1. The molecule has 0 amide bonds. The van der Waals surface area contributed by atoms with Gasteiger partial charge in [-0.3, -0.25) is 0 Å². The van der Waals surface area contributed by atoms with Crippen LogP contribution >= 0.6 is 0 Å². The fourth-order valence-electron chi connectivity index (χ4n) is 2.08. The van der Waals surface area contributed by atoms with Gasteiger partial charge in [-0.15, -0.1) is 0 Å². The van der Waals surface area contributed by atoms with E-state index in [1.807, 2.05) is 32.0 Å². The van der Waals surface area contributed by atoms with Crippen LogP contribution in [0.3, 0.4) is 0 Å². The summed E-state index contributed by atoms with van der Waals surface area (Å²) in [6, 6.07) is 12.0. The van der Waals surface area contributed by atoms with Gasteiger partial charge < -0.3 is 9.84 Å². The third kappa shape index (κ3) is 3.87. The highest BCUT2D eigenvalue weighted by atomic mass is 32.2. The van der Waals surface area contributed by atoms with E-state index in [1.54, 1.807) is 12.1 Å². The van der Waals surface area contributed by atoms with Crippen LogP contribution in [0.2, 0.25) is 0 Å². The van der Waals surface area contributed by atoms with E-state index in [2.05, 4.69) is 0 Å². The quantitative estimate of drug-likeness (QED) is 0.920. The summed E-state index contributed by atoms with van der Waals surface area (Å²) in [7, 11) is -3.22. The largest absolute Gasteiger partial charge is 0.490 e. The van der Waals surface area contributed by atoms with E-state index >= 15 is 0 Å². The van der Waals surface area contributed by atoms with Crippen LogP contribution in [0.15, 0.2) is 47.4 Å². The minimum atomic E-state index is -3.22. The van der Waals surface area contributed by atoms with E-state index in [1.165, 1.54) is 12.1 Å². The molecule has 0 fully saturated rings. The number of aryl methyl sites for hydroxylation is 1. The first-order chi connectivity index (χ1) is 10.3. The first-order valence-corrected chi connectivity index (χ1v) is 8.85. The molecule has 1 unspecified atom stereocenters. The number of sulfone groups is 1. The van der Waals surface area contributed by atoms with Gasteiger partial charge >= 0.3 is 0 Å². The van der Waals surface area contributed by atoms with Crippen molar-refractivity contribution < 1.29 is 18.3 Å². The molecule has 1 atom stereocenters. The molecule has 118 valence electrons. The molecule has 1 N–H and O–H groups in total. The fraction of sp³-hybridized carbons (Fsp3) is 0.294. The Morgan fingerprint density at radius 1 is 1.09 bits per heavy atom. The van der Waals surface area contributed by atoms with Crippen molar-refractivity contribution in [2.45, 2.75) is 24.8 Å². The van der Waals surface area contributed by atoms with Crippen molar-refractivity contribution in [3.63, 3.8) is 0 Å².